The van der Waals surface area contributed by atoms with Gasteiger partial charge in [-0.2, -0.15) is 0 Å². The Hall–Kier alpha value is -1.67. The van der Waals surface area contributed by atoms with Gasteiger partial charge in [0.05, 0.1) is 23.7 Å². The number of carbonyl (C=O) groups is 3. The summed E-state index contributed by atoms with van der Waals surface area (Å²) >= 11 is 0. The Bertz CT molecular complexity index is 1010. The van der Waals surface area contributed by atoms with Crippen molar-refractivity contribution in [3.05, 3.63) is 23.8 Å². The third-order valence-electron chi connectivity index (χ3n) is 9.18. The minimum absolute atomic E-state index is 0.00180. The second-order valence-electron chi connectivity index (χ2n) is 11.3. The predicted octanol–water partition coefficient (Wildman–Crippen LogP) is 1.73. The molecule has 4 aliphatic carbocycles. The van der Waals surface area contributed by atoms with Crippen LogP contribution >= 0.6 is 0 Å². The van der Waals surface area contributed by atoms with Crippen LogP contribution in [0.3, 0.4) is 0 Å². The van der Waals surface area contributed by atoms with Crippen LogP contribution in [0, 0.1) is 34.0 Å². The molecular weight excluding hydrogens is 400 g/mol. The number of aldehydes is 1. The minimum atomic E-state index is -1.63. The van der Waals surface area contributed by atoms with Gasteiger partial charge in [-0.25, -0.2) is 0 Å². The first kappa shape index (κ1) is 20.0. The summed E-state index contributed by atoms with van der Waals surface area (Å²) in [6.45, 7) is 11.5. The van der Waals surface area contributed by atoms with E-state index >= 15 is 0 Å². The van der Waals surface area contributed by atoms with Crippen LogP contribution in [0.5, 0.6) is 0 Å². The summed E-state index contributed by atoms with van der Waals surface area (Å²) in [5.74, 6) is -4.53. The normalized spacial score (nSPS) is 53.0. The second-order valence-corrected chi connectivity index (χ2v) is 11.3. The standard InChI is InChI=1S/C24H28O7/c1-11-13-6-7-14-22-10-29-24(23(14,16(11)26)19(13)30-21(4,5)31-24)18(28)15(22)20(2,3)8-12(9-25)17(22)27/h8-9,13-15,18-19,28H,1,6-7,10H2,2-5H3/t13-,14-,15+,18-,19?,22-,23-,24-/m0/s1. The van der Waals surface area contributed by atoms with Crippen LogP contribution in [-0.2, 0) is 28.6 Å². The van der Waals surface area contributed by atoms with E-state index < -0.39 is 51.9 Å². The maximum absolute atomic E-state index is 13.9. The number of hydrogen-bond acceptors (Lipinski definition) is 7. The Morgan fingerprint density at radius 2 is 1.87 bits per heavy atom. The van der Waals surface area contributed by atoms with Crippen molar-refractivity contribution in [2.45, 2.75) is 64.3 Å². The molecule has 8 atom stereocenters. The van der Waals surface area contributed by atoms with Crippen molar-refractivity contribution in [2.24, 2.45) is 34.0 Å². The first-order valence-corrected chi connectivity index (χ1v) is 11.1. The van der Waals surface area contributed by atoms with Crippen LogP contribution < -0.4 is 0 Å². The topological polar surface area (TPSA) is 99.1 Å². The van der Waals surface area contributed by atoms with Gasteiger partial charge in [0.2, 0.25) is 5.79 Å². The van der Waals surface area contributed by atoms with Crippen molar-refractivity contribution in [2.75, 3.05) is 6.61 Å². The third kappa shape index (κ3) is 1.77. The molecule has 3 spiro atoms. The summed E-state index contributed by atoms with van der Waals surface area (Å²) in [7, 11) is 0. The summed E-state index contributed by atoms with van der Waals surface area (Å²) in [5.41, 5.74) is -2.69. The Labute approximate surface area is 180 Å². The van der Waals surface area contributed by atoms with Gasteiger partial charge in [0.1, 0.15) is 11.5 Å². The van der Waals surface area contributed by atoms with Gasteiger partial charge >= 0.3 is 0 Å². The van der Waals surface area contributed by atoms with Crippen molar-refractivity contribution < 1.29 is 33.7 Å². The van der Waals surface area contributed by atoms with E-state index in [1.165, 1.54) is 0 Å². The summed E-state index contributed by atoms with van der Waals surface area (Å²) in [4.78, 5) is 39.7. The molecule has 166 valence electrons. The fraction of sp³-hybridized carbons (Fsp3) is 0.708. The highest BCUT2D eigenvalue weighted by atomic mass is 16.8. The molecule has 31 heavy (non-hydrogen) atoms. The molecule has 4 bridgehead atoms. The molecule has 3 heterocycles. The Morgan fingerprint density at radius 3 is 2.55 bits per heavy atom. The molecule has 0 aromatic heterocycles. The Kier molecular flexibility index (Phi) is 3.40. The van der Waals surface area contributed by atoms with Crippen molar-refractivity contribution in [3.63, 3.8) is 0 Å². The molecule has 0 aromatic carbocycles. The maximum Gasteiger partial charge on any atom is 0.213 e. The molecule has 7 heteroatoms. The highest BCUT2D eigenvalue weighted by molar-refractivity contribution is 6.16. The van der Waals surface area contributed by atoms with E-state index in [2.05, 4.69) is 6.58 Å². The zero-order valence-corrected chi connectivity index (χ0v) is 18.3. The summed E-state index contributed by atoms with van der Waals surface area (Å²) in [6.07, 6.45) is 1.65. The molecule has 7 aliphatic rings. The van der Waals surface area contributed by atoms with E-state index in [1.807, 2.05) is 13.8 Å². The summed E-state index contributed by atoms with van der Waals surface area (Å²) < 4.78 is 19.1. The second kappa shape index (κ2) is 5.28. The van der Waals surface area contributed by atoms with Crippen molar-refractivity contribution in [1.29, 1.82) is 0 Å². The molecule has 3 saturated carbocycles. The predicted molar refractivity (Wildman–Crippen MR) is 106 cm³/mol. The molecule has 1 unspecified atom stereocenters. The van der Waals surface area contributed by atoms with Gasteiger partial charge in [0.15, 0.2) is 23.6 Å². The van der Waals surface area contributed by atoms with E-state index in [0.29, 0.717) is 24.7 Å². The summed E-state index contributed by atoms with van der Waals surface area (Å²) in [5, 5.41) is 11.9. The van der Waals surface area contributed by atoms with Gasteiger partial charge in [0.25, 0.3) is 0 Å². The number of allylic oxidation sites excluding steroid dienone is 2. The van der Waals surface area contributed by atoms with Crippen molar-refractivity contribution in [1.82, 2.24) is 0 Å². The number of carbonyl (C=O) groups excluding carboxylic acids is 3. The summed E-state index contributed by atoms with van der Waals surface area (Å²) in [6, 6.07) is 0. The smallest absolute Gasteiger partial charge is 0.213 e. The maximum atomic E-state index is 13.9. The average Bonchev–Trinajstić information content (AvgIpc) is 2.80. The zero-order chi connectivity index (χ0) is 22.4. The molecule has 3 aliphatic heterocycles. The highest BCUT2D eigenvalue weighted by Gasteiger charge is 2.90. The van der Waals surface area contributed by atoms with Gasteiger partial charge in [0, 0.05) is 11.8 Å². The molecule has 0 amide bonds. The molecule has 0 radical (unpaired) electrons. The fourth-order valence-corrected chi connectivity index (χ4v) is 8.56. The molecule has 6 fully saturated rings. The first-order chi connectivity index (χ1) is 14.4. The molecular formula is C24H28O7. The molecule has 7 nitrogen and oxygen atoms in total. The van der Waals surface area contributed by atoms with Crippen LogP contribution in [0.25, 0.3) is 0 Å². The number of ketones is 2. The number of Topliss-reactive ketones (excluding diaryl/α,β-unsaturated/α-hetero) is 2. The number of fused-ring (bicyclic) bond motifs is 1. The van der Waals surface area contributed by atoms with E-state index in [9.17, 15) is 19.5 Å². The lowest BCUT2D eigenvalue weighted by Crippen LogP contribution is -2.88. The van der Waals surface area contributed by atoms with Crippen molar-refractivity contribution in [3.8, 4) is 0 Å². The number of hydrogen-bond donors (Lipinski definition) is 1. The lowest BCUT2D eigenvalue weighted by molar-refractivity contribution is -0.521. The zero-order valence-electron chi connectivity index (χ0n) is 18.3. The van der Waals surface area contributed by atoms with E-state index in [4.69, 9.17) is 14.2 Å². The lowest BCUT2D eigenvalue weighted by atomic mass is 9.36. The third-order valence-corrected chi connectivity index (χ3v) is 9.18. The van der Waals surface area contributed by atoms with Crippen LogP contribution in [0.4, 0.5) is 0 Å². The largest absolute Gasteiger partial charge is 0.387 e. The van der Waals surface area contributed by atoms with E-state index in [-0.39, 0.29) is 29.7 Å². The molecule has 7 rings (SSSR count). The SMILES string of the molecule is C=C1C(=O)[C@@]23C4OC(C)(C)O[C@]25OC[C@]2(C(=O)C(C=O)=CC(C)(C)[C@H]2[C@@H]5O)[C@@H]3CC[C@@H]14. The van der Waals surface area contributed by atoms with Gasteiger partial charge in [-0.15, -0.1) is 0 Å². The molecule has 3 saturated heterocycles. The van der Waals surface area contributed by atoms with Gasteiger partial charge < -0.3 is 19.3 Å². The number of aliphatic hydroxyl groups excluding tert-OH is 1. The monoisotopic (exact) mass is 428 g/mol. The quantitative estimate of drug-likeness (QED) is 0.386. The Morgan fingerprint density at radius 1 is 1.16 bits per heavy atom. The van der Waals surface area contributed by atoms with Gasteiger partial charge in [-0.1, -0.05) is 26.5 Å². The fourth-order valence-electron chi connectivity index (χ4n) is 8.56. The number of ether oxygens (including phenoxy) is 3. The molecule has 1 N–H and O–H groups in total. The van der Waals surface area contributed by atoms with E-state index in [1.54, 1.807) is 19.9 Å². The van der Waals surface area contributed by atoms with Gasteiger partial charge in [-0.3, -0.25) is 14.4 Å². The van der Waals surface area contributed by atoms with Crippen molar-refractivity contribution >= 4 is 17.9 Å². The van der Waals surface area contributed by atoms with Crippen LogP contribution in [0.15, 0.2) is 23.8 Å². The minimum Gasteiger partial charge on any atom is -0.387 e. The van der Waals surface area contributed by atoms with Gasteiger partial charge in [-0.05, 0) is 43.6 Å². The highest BCUT2D eigenvalue weighted by Crippen LogP contribution is 2.78. The van der Waals surface area contributed by atoms with Crippen LogP contribution in [-0.4, -0.2) is 53.3 Å². The van der Waals surface area contributed by atoms with E-state index in [0.717, 1.165) is 0 Å². The lowest BCUT2D eigenvalue weighted by Gasteiger charge is -2.75. The van der Waals surface area contributed by atoms with Crippen LogP contribution in [0.2, 0.25) is 0 Å². The average molecular weight is 428 g/mol. The molecule has 0 aromatic rings. The Balaban J connectivity index is 1.71. The number of rotatable bonds is 1. The number of aliphatic hydroxyl groups is 1. The van der Waals surface area contributed by atoms with Crippen LogP contribution in [0.1, 0.15) is 40.5 Å². The first-order valence-electron chi connectivity index (χ1n) is 11.1.